The predicted molar refractivity (Wildman–Crippen MR) is 102 cm³/mol. The molecule has 1 fully saturated rings. The van der Waals surface area contributed by atoms with Crippen molar-refractivity contribution in [1.29, 1.82) is 0 Å². The SMILES string of the molecule is Cc1nc(N(C)C)ncc1C(=O)N(Cc1ccc2[nH]ccc2c1)C1CC1. The number of nitrogens with zero attached hydrogens (tertiary/aromatic N) is 4. The third-order valence-corrected chi connectivity index (χ3v) is 4.82. The van der Waals surface area contributed by atoms with Gasteiger partial charge in [0.15, 0.2) is 0 Å². The average molecular weight is 349 g/mol. The Hall–Kier alpha value is -2.89. The summed E-state index contributed by atoms with van der Waals surface area (Å²) in [6.45, 7) is 2.48. The number of aromatic amines is 1. The fourth-order valence-corrected chi connectivity index (χ4v) is 3.19. The number of hydrogen-bond donors (Lipinski definition) is 1. The number of amides is 1. The number of hydrogen-bond acceptors (Lipinski definition) is 4. The van der Waals surface area contributed by atoms with E-state index in [1.807, 2.05) is 37.0 Å². The van der Waals surface area contributed by atoms with E-state index in [1.165, 1.54) is 5.39 Å². The number of anilines is 1. The fraction of sp³-hybridized carbons (Fsp3) is 0.350. The van der Waals surface area contributed by atoms with E-state index in [2.05, 4.69) is 39.2 Å². The van der Waals surface area contributed by atoms with Gasteiger partial charge in [-0.3, -0.25) is 4.79 Å². The number of fused-ring (bicyclic) bond motifs is 1. The van der Waals surface area contributed by atoms with E-state index in [1.54, 1.807) is 6.20 Å². The number of rotatable bonds is 5. The topological polar surface area (TPSA) is 65.1 Å². The maximum Gasteiger partial charge on any atom is 0.257 e. The first-order valence-electron chi connectivity index (χ1n) is 8.91. The molecule has 0 saturated heterocycles. The van der Waals surface area contributed by atoms with Crippen LogP contribution in [0.1, 0.15) is 34.5 Å². The van der Waals surface area contributed by atoms with Crippen LogP contribution in [-0.2, 0) is 6.54 Å². The molecule has 0 atom stereocenters. The van der Waals surface area contributed by atoms with E-state index >= 15 is 0 Å². The van der Waals surface area contributed by atoms with E-state index in [4.69, 9.17) is 0 Å². The van der Waals surface area contributed by atoms with Gasteiger partial charge in [-0.1, -0.05) is 6.07 Å². The molecular weight excluding hydrogens is 326 g/mol. The highest BCUT2D eigenvalue weighted by molar-refractivity contribution is 5.95. The lowest BCUT2D eigenvalue weighted by Gasteiger charge is -2.23. The fourth-order valence-electron chi connectivity index (χ4n) is 3.19. The van der Waals surface area contributed by atoms with Crippen molar-refractivity contribution in [2.24, 2.45) is 0 Å². The van der Waals surface area contributed by atoms with Gasteiger partial charge in [-0.05, 0) is 48.9 Å². The summed E-state index contributed by atoms with van der Waals surface area (Å²) in [7, 11) is 3.79. The molecule has 6 nitrogen and oxygen atoms in total. The minimum absolute atomic E-state index is 0.0180. The van der Waals surface area contributed by atoms with Crippen LogP contribution in [0.5, 0.6) is 0 Å². The van der Waals surface area contributed by atoms with Crippen LogP contribution in [0.2, 0.25) is 0 Å². The molecule has 1 amide bonds. The second-order valence-corrected chi connectivity index (χ2v) is 7.13. The molecule has 6 heteroatoms. The van der Waals surface area contributed by atoms with E-state index < -0.39 is 0 Å². The Labute approximate surface area is 152 Å². The third-order valence-electron chi connectivity index (χ3n) is 4.82. The molecule has 3 aromatic rings. The number of carbonyl (C=O) groups is 1. The lowest BCUT2D eigenvalue weighted by atomic mass is 10.1. The van der Waals surface area contributed by atoms with Crippen molar-refractivity contribution in [1.82, 2.24) is 19.9 Å². The number of aromatic nitrogens is 3. The lowest BCUT2D eigenvalue weighted by Crippen LogP contribution is -2.33. The zero-order valence-electron chi connectivity index (χ0n) is 15.4. The highest BCUT2D eigenvalue weighted by Gasteiger charge is 2.34. The van der Waals surface area contributed by atoms with Crippen molar-refractivity contribution >= 4 is 22.8 Å². The highest BCUT2D eigenvalue weighted by atomic mass is 16.2. The summed E-state index contributed by atoms with van der Waals surface area (Å²) in [5.41, 5.74) is 3.56. The van der Waals surface area contributed by atoms with Crippen LogP contribution < -0.4 is 4.90 Å². The quantitative estimate of drug-likeness (QED) is 0.768. The van der Waals surface area contributed by atoms with Crippen molar-refractivity contribution in [3.63, 3.8) is 0 Å². The van der Waals surface area contributed by atoms with Crippen LogP contribution in [0.4, 0.5) is 5.95 Å². The van der Waals surface area contributed by atoms with E-state index in [0.29, 0.717) is 24.1 Å². The summed E-state index contributed by atoms with van der Waals surface area (Å²) in [4.78, 5) is 29.0. The number of carbonyl (C=O) groups excluding carboxylic acids is 1. The molecule has 1 aliphatic carbocycles. The second-order valence-electron chi connectivity index (χ2n) is 7.13. The maximum atomic E-state index is 13.2. The Balaban J connectivity index is 1.61. The summed E-state index contributed by atoms with van der Waals surface area (Å²) in [6, 6.07) is 8.67. The predicted octanol–water partition coefficient (Wildman–Crippen LogP) is 3.14. The van der Waals surface area contributed by atoms with Crippen molar-refractivity contribution in [3.8, 4) is 0 Å². The van der Waals surface area contributed by atoms with Crippen molar-refractivity contribution < 1.29 is 4.79 Å². The van der Waals surface area contributed by atoms with E-state index in [0.717, 1.165) is 29.6 Å². The molecule has 1 aliphatic rings. The molecule has 0 unspecified atom stereocenters. The van der Waals surface area contributed by atoms with Crippen LogP contribution in [0.25, 0.3) is 10.9 Å². The van der Waals surface area contributed by atoms with Gasteiger partial charge in [0.25, 0.3) is 5.91 Å². The first-order valence-corrected chi connectivity index (χ1v) is 8.91. The van der Waals surface area contributed by atoms with Gasteiger partial charge in [0, 0.05) is 44.6 Å². The van der Waals surface area contributed by atoms with Crippen LogP contribution in [-0.4, -0.2) is 45.9 Å². The molecule has 26 heavy (non-hydrogen) atoms. The number of H-pyrrole nitrogens is 1. The van der Waals surface area contributed by atoms with Gasteiger partial charge in [-0.15, -0.1) is 0 Å². The van der Waals surface area contributed by atoms with Crippen molar-refractivity contribution in [2.45, 2.75) is 32.4 Å². The zero-order chi connectivity index (χ0) is 18.3. The molecule has 1 N–H and O–H groups in total. The standard InChI is InChI=1S/C20H23N5O/c1-13-17(11-22-20(23-13)24(2)3)19(26)25(16-5-6-16)12-14-4-7-18-15(10-14)8-9-21-18/h4,7-11,16,21H,5-6,12H2,1-3H3. The average Bonchev–Trinajstić information content (AvgIpc) is 3.36. The van der Waals surface area contributed by atoms with E-state index in [9.17, 15) is 4.79 Å². The maximum absolute atomic E-state index is 13.2. The Morgan fingerprint density at radius 2 is 2.08 bits per heavy atom. The molecule has 4 rings (SSSR count). The molecule has 0 radical (unpaired) electrons. The Kier molecular flexibility index (Phi) is 4.11. The molecule has 0 aliphatic heterocycles. The Bertz CT molecular complexity index is 958. The smallest absolute Gasteiger partial charge is 0.257 e. The second kappa shape index (κ2) is 6.44. The minimum atomic E-state index is 0.0180. The van der Waals surface area contributed by atoms with Gasteiger partial charge in [-0.25, -0.2) is 9.97 Å². The molecule has 134 valence electrons. The summed E-state index contributed by atoms with van der Waals surface area (Å²) in [6.07, 6.45) is 5.72. The lowest BCUT2D eigenvalue weighted by molar-refractivity contribution is 0.0728. The number of aryl methyl sites for hydroxylation is 1. The highest BCUT2D eigenvalue weighted by Crippen LogP contribution is 2.30. The van der Waals surface area contributed by atoms with E-state index in [-0.39, 0.29) is 5.91 Å². The summed E-state index contributed by atoms with van der Waals surface area (Å²) in [5, 5.41) is 1.17. The zero-order valence-corrected chi connectivity index (χ0v) is 15.4. The van der Waals surface area contributed by atoms with Gasteiger partial charge in [-0.2, -0.15) is 0 Å². The summed E-state index contributed by atoms with van der Waals surface area (Å²) >= 11 is 0. The largest absolute Gasteiger partial charge is 0.361 e. The van der Waals surface area contributed by atoms with Crippen molar-refractivity contribution in [2.75, 3.05) is 19.0 Å². The Morgan fingerprint density at radius 1 is 1.27 bits per heavy atom. The van der Waals surface area contributed by atoms with Gasteiger partial charge in [0.1, 0.15) is 0 Å². The summed E-state index contributed by atoms with van der Waals surface area (Å²) < 4.78 is 0. The normalized spacial score (nSPS) is 13.8. The molecule has 1 saturated carbocycles. The molecule has 0 spiro atoms. The molecule has 2 heterocycles. The van der Waals surface area contributed by atoms with Crippen LogP contribution in [0.15, 0.2) is 36.7 Å². The molecule has 0 bridgehead atoms. The van der Waals surface area contributed by atoms with Gasteiger partial charge in [0.05, 0.1) is 11.3 Å². The van der Waals surface area contributed by atoms with Crippen LogP contribution >= 0.6 is 0 Å². The molecular formula is C20H23N5O. The monoisotopic (exact) mass is 349 g/mol. The first kappa shape index (κ1) is 16.6. The van der Waals surface area contributed by atoms with Crippen LogP contribution in [0, 0.1) is 6.92 Å². The number of benzene rings is 1. The van der Waals surface area contributed by atoms with Crippen LogP contribution in [0.3, 0.4) is 0 Å². The molecule has 1 aromatic carbocycles. The minimum Gasteiger partial charge on any atom is -0.361 e. The number of nitrogens with one attached hydrogen (secondary N) is 1. The van der Waals surface area contributed by atoms with Crippen molar-refractivity contribution in [3.05, 3.63) is 53.5 Å². The Morgan fingerprint density at radius 3 is 2.77 bits per heavy atom. The van der Waals surface area contributed by atoms with Gasteiger partial charge >= 0.3 is 0 Å². The van der Waals surface area contributed by atoms with Gasteiger partial charge in [0.2, 0.25) is 5.95 Å². The molecule has 2 aromatic heterocycles. The first-order chi connectivity index (χ1) is 12.5. The third kappa shape index (κ3) is 3.14. The summed E-state index contributed by atoms with van der Waals surface area (Å²) in [5.74, 6) is 0.638. The van der Waals surface area contributed by atoms with Gasteiger partial charge < -0.3 is 14.8 Å².